The molecule has 1 aromatic carbocycles. The van der Waals surface area contributed by atoms with Crippen LogP contribution in [-0.2, 0) is 20.7 Å². The van der Waals surface area contributed by atoms with Crippen molar-refractivity contribution in [3.63, 3.8) is 0 Å². The molecule has 0 aliphatic heterocycles. The number of para-hydroxylation sites is 1. The number of esters is 2. The fourth-order valence-electron chi connectivity index (χ4n) is 1.17. The van der Waals surface area contributed by atoms with Crippen LogP contribution in [0.15, 0.2) is 24.3 Å². The van der Waals surface area contributed by atoms with Crippen molar-refractivity contribution in [2.24, 2.45) is 0 Å². The van der Waals surface area contributed by atoms with Gasteiger partial charge in [0, 0.05) is 12.5 Å². The summed E-state index contributed by atoms with van der Waals surface area (Å²) < 4.78 is 9.54. The number of benzene rings is 1. The van der Waals surface area contributed by atoms with Crippen LogP contribution in [0.25, 0.3) is 0 Å². The molecule has 0 spiro atoms. The van der Waals surface area contributed by atoms with Crippen molar-refractivity contribution in [1.29, 1.82) is 0 Å². The lowest BCUT2D eigenvalue weighted by molar-refractivity contribution is -0.141. The van der Waals surface area contributed by atoms with Gasteiger partial charge in [0.25, 0.3) is 0 Å². The van der Waals surface area contributed by atoms with Crippen LogP contribution in [0.4, 0.5) is 0 Å². The first-order chi connectivity index (χ1) is 7.63. The second-order valence-corrected chi connectivity index (χ2v) is 3.22. The molecule has 0 atom stereocenters. The van der Waals surface area contributed by atoms with Gasteiger partial charge in [-0.2, -0.15) is 0 Å². The molecule has 1 rings (SSSR count). The molecule has 16 heavy (non-hydrogen) atoms. The van der Waals surface area contributed by atoms with E-state index in [4.69, 9.17) is 16.3 Å². The lowest BCUT2D eigenvalue weighted by Crippen LogP contribution is -2.10. The highest BCUT2D eigenvalue weighted by Gasteiger charge is 2.10. The van der Waals surface area contributed by atoms with Crippen molar-refractivity contribution in [1.82, 2.24) is 0 Å². The van der Waals surface area contributed by atoms with Gasteiger partial charge in [-0.25, -0.2) is 0 Å². The van der Waals surface area contributed by atoms with Crippen LogP contribution in [0.3, 0.4) is 0 Å². The minimum atomic E-state index is -0.463. The average molecular weight is 243 g/mol. The van der Waals surface area contributed by atoms with E-state index in [1.54, 1.807) is 24.3 Å². The van der Waals surface area contributed by atoms with E-state index in [0.717, 1.165) is 0 Å². The van der Waals surface area contributed by atoms with E-state index in [2.05, 4.69) is 4.74 Å². The Labute approximate surface area is 98.1 Å². The molecule has 4 nitrogen and oxygen atoms in total. The Morgan fingerprint density at radius 2 is 2.00 bits per heavy atom. The van der Waals surface area contributed by atoms with E-state index in [1.165, 1.54) is 6.92 Å². The molecule has 86 valence electrons. The van der Waals surface area contributed by atoms with Crippen molar-refractivity contribution in [3.05, 3.63) is 29.8 Å². The number of alkyl halides is 1. The molecule has 0 fully saturated rings. The predicted octanol–water partition coefficient (Wildman–Crippen LogP) is 1.89. The highest BCUT2D eigenvalue weighted by Crippen LogP contribution is 2.19. The highest BCUT2D eigenvalue weighted by molar-refractivity contribution is 6.17. The third kappa shape index (κ3) is 3.90. The van der Waals surface area contributed by atoms with Gasteiger partial charge in [0.2, 0.25) is 0 Å². The Balaban J connectivity index is 2.78. The van der Waals surface area contributed by atoms with Crippen LogP contribution in [0.1, 0.15) is 12.5 Å². The molecule has 0 saturated heterocycles. The van der Waals surface area contributed by atoms with E-state index in [-0.39, 0.29) is 12.5 Å². The molecule has 0 bridgehead atoms. The van der Waals surface area contributed by atoms with Crippen LogP contribution < -0.4 is 4.74 Å². The fraction of sp³-hybridized carbons (Fsp3) is 0.273. The molecule has 0 aliphatic carbocycles. The molecule has 5 heteroatoms. The summed E-state index contributed by atoms with van der Waals surface area (Å²) in [5.74, 6) is -0.533. The normalized spacial score (nSPS) is 9.62. The highest BCUT2D eigenvalue weighted by atomic mass is 35.5. The lowest BCUT2D eigenvalue weighted by atomic mass is 10.1. The molecular weight excluding hydrogens is 232 g/mol. The third-order valence-electron chi connectivity index (χ3n) is 1.78. The summed E-state index contributed by atoms with van der Waals surface area (Å²) in [6.45, 7) is 1.30. The van der Waals surface area contributed by atoms with E-state index in [0.29, 0.717) is 11.3 Å². The van der Waals surface area contributed by atoms with E-state index in [1.807, 2.05) is 0 Å². The molecule has 0 aliphatic rings. The number of halogens is 1. The summed E-state index contributed by atoms with van der Waals surface area (Å²) in [4.78, 5) is 22.0. The fourth-order valence-corrected chi connectivity index (χ4v) is 1.29. The van der Waals surface area contributed by atoms with Crippen molar-refractivity contribution >= 4 is 23.5 Å². The van der Waals surface area contributed by atoms with Crippen molar-refractivity contribution in [2.75, 3.05) is 6.07 Å². The zero-order chi connectivity index (χ0) is 12.0. The minimum Gasteiger partial charge on any atom is -0.449 e. The summed E-state index contributed by atoms with van der Waals surface area (Å²) in [5.41, 5.74) is 0.591. The van der Waals surface area contributed by atoms with Crippen LogP contribution in [0.5, 0.6) is 5.75 Å². The molecule has 0 N–H and O–H groups in total. The molecule has 0 heterocycles. The van der Waals surface area contributed by atoms with Crippen LogP contribution in [0, 0.1) is 0 Å². The number of hydrogen-bond acceptors (Lipinski definition) is 4. The molecule has 1 aromatic rings. The molecule has 0 unspecified atom stereocenters. The van der Waals surface area contributed by atoms with E-state index < -0.39 is 11.9 Å². The SMILES string of the molecule is CC(=O)Oc1ccccc1CC(=O)OCCl. The topological polar surface area (TPSA) is 52.6 Å². The molecule has 0 amide bonds. The largest absolute Gasteiger partial charge is 0.449 e. The molecule has 0 aromatic heterocycles. The Hall–Kier alpha value is -1.55. The number of hydrogen-bond donors (Lipinski definition) is 0. The summed E-state index contributed by atoms with van der Waals surface area (Å²) in [6, 6.07) is 6.58. The number of carbonyl (C=O) groups excluding carboxylic acids is 2. The maximum Gasteiger partial charge on any atom is 0.311 e. The van der Waals surface area contributed by atoms with Gasteiger partial charge in [0.1, 0.15) is 5.75 Å². The summed E-state index contributed by atoms with van der Waals surface area (Å²) >= 11 is 5.26. The molecular formula is C11H11ClO4. The first kappa shape index (κ1) is 12.5. The van der Waals surface area contributed by atoms with Gasteiger partial charge < -0.3 is 9.47 Å². The van der Waals surface area contributed by atoms with Crippen LogP contribution in [-0.4, -0.2) is 18.0 Å². The van der Waals surface area contributed by atoms with Crippen molar-refractivity contribution in [2.45, 2.75) is 13.3 Å². The predicted molar refractivity (Wildman–Crippen MR) is 58.3 cm³/mol. The second-order valence-electron chi connectivity index (χ2n) is 3.00. The Morgan fingerprint density at radius 1 is 1.31 bits per heavy atom. The maximum atomic E-state index is 11.2. The standard InChI is InChI=1S/C11H11ClO4/c1-8(13)16-10-5-3-2-4-9(10)6-11(14)15-7-12/h2-5H,6-7H2,1H3. The lowest BCUT2D eigenvalue weighted by Gasteiger charge is -2.07. The quantitative estimate of drug-likeness (QED) is 0.460. The Bertz CT molecular complexity index is 389. The Kier molecular flexibility index (Phi) is 4.79. The van der Waals surface area contributed by atoms with Gasteiger partial charge in [0.15, 0.2) is 6.07 Å². The summed E-state index contributed by atoms with van der Waals surface area (Å²) in [7, 11) is 0. The van der Waals surface area contributed by atoms with Gasteiger partial charge in [-0.15, -0.1) is 0 Å². The zero-order valence-electron chi connectivity index (χ0n) is 8.73. The molecule has 0 saturated carbocycles. The summed E-state index contributed by atoms with van der Waals surface area (Å²) in [5, 5.41) is 0. The Morgan fingerprint density at radius 3 is 2.62 bits per heavy atom. The van der Waals surface area contributed by atoms with Gasteiger partial charge in [-0.05, 0) is 6.07 Å². The van der Waals surface area contributed by atoms with E-state index in [9.17, 15) is 9.59 Å². The smallest absolute Gasteiger partial charge is 0.311 e. The van der Waals surface area contributed by atoms with Crippen molar-refractivity contribution < 1.29 is 19.1 Å². The van der Waals surface area contributed by atoms with Crippen molar-refractivity contribution in [3.8, 4) is 5.75 Å². The molecule has 0 radical (unpaired) electrons. The van der Waals surface area contributed by atoms with Crippen LogP contribution >= 0.6 is 11.6 Å². The number of ether oxygens (including phenoxy) is 2. The third-order valence-corrected chi connectivity index (χ3v) is 1.89. The van der Waals surface area contributed by atoms with Gasteiger partial charge in [-0.3, -0.25) is 9.59 Å². The first-order valence-electron chi connectivity index (χ1n) is 4.61. The van der Waals surface area contributed by atoms with E-state index >= 15 is 0 Å². The number of rotatable bonds is 4. The van der Waals surface area contributed by atoms with Gasteiger partial charge in [-0.1, -0.05) is 29.8 Å². The number of carbonyl (C=O) groups is 2. The average Bonchev–Trinajstić information content (AvgIpc) is 2.20. The second kappa shape index (κ2) is 6.12. The first-order valence-corrected chi connectivity index (χ1v) is 5.15. The zero-order valence-corrected chi connectivity index (χ0v) is 9.49. The van der Waals surface area contributed by atoms with Gasteiger partial charge >= 0.3 is 11.9 Å². The minimum absolute atomic E-state index is 0.0240. The maximum absolute atomic E-state index is 11.2. The van der Waals surface area contributed by atoms with Crippen LogP contribution in [0.2, 0.25) is 0 Å². The van der Waals surface area contributed by atoms with Gasteiger partial charge in [0.05, 0.1) is 6.42 Å². The monoisotopic (exact) mass is 242 g/mol. The summed E-state index contributed by atoms with van der Waals surface area (Å²) in [6.07, 6.45) is 0.0240.